The Morgan fingerprint density at radius 3 is 2.50 bits per heavy atom. The highest BCUT2D eigenvalue weighted by Crippen LogP contribution is 2.45. The van der Waals surface area contributed by atoms with Crippen molar-refractivity contribution >= 4 is 57.4 Å². The Morgan fingerprint density at radius 2 is 1.87 bits per heavy atom. The van der Waals surface area contributed by atoms with Gasteiger partial charge >= 0.3 is 11.9 Å². The zero-order valence-electron chi connectivity index (χ0n) is 15.7. The molecule has 4 atom stereocenters. The van der Waals surface area contributed by atoms with Crippen LogP contribution in [0.25, 0.3) is 11.1 Å². The van der Waals surface area contributed by atoms with Crippen LogP contribution >= 0.6 is 34.5 Å². The van der Waals surface area contributed by atoms with Gasteiger partial charge in [-0.2, -0.15) is 0 Å². The highest BCUT2D eigenvalue weighted by atomic mass is 35.5. The number of aliphatic carboxylic acids is 1. The van der Waals surface area contributed by atoms with Crippen molar-refractivity contribution in [3.8, 4) is 11.1 Å². The predicted octanol–water partition coefficient (Wildman–Crippen LogP) is 4.33. The summed E-state index contributed by atoms with van der Waals surface area (Å²) in [5.41, 5.74) is 1.33. The van der Waals surface area contributed by atoms with E-state index >= 15 is 0 Å². The predicted molar refractivity (Wildman–Crippen MR) is 112 cm³/mol. The molecule has 1 aromatic carbocycles. The molecule has 2 aliphatic rings. The maximum Gasteiger partial charge on any atom is 0.341 e. The molecule has 2 aliphatic heterocycles. The fourth-order valence-corrected chi connectivity index (χ4v) is 5.41. The summed E-state index contributed by atoms with van der Waals surface area (Å²) in [6, 6.07) is 4.94. The number of rotatable bonds is 5. The molecule has 2 saturated heterocycles. The molecule has 0 spiro atoms. The third-order valence-electron chi connectivity index (χ3n) is 5.51. The van der Waals surface area contributed by atoms with Crippen LogP contribution in [0.15, 0.2) is 23.6 Å². The van der Waals surface area contributed by atoms with Crippen molar-refractivity contribution in [3.05, 3.63) is 39.2 Å². The van der Waals surface area contributed by atoms with Crippen molar-refractivity contribution < 1.29 is 29.0 Å². The lowest BCUT2D eigenvalue weighted by Crippen LogP contribution is -2.41. The van der Waals surface area contributed by atoms with Gasteiger partial charge in [0.1, 0.15) is 10.6 Å². The van der Waals surface area contributed by atoms with Crippen LogP contribution in [0, 0.1) is 11.8 Å². The first-order valence-corrected chi connectivity index (χ1v) is 10.8. The van der Waals surface area contributed by atoms with E-state index < -0.39 is 41.9 Å². The Hall–Kier alpha value is -2.13. The average molecular weight is 470 g/mol. The van der Waals surface area contributed by atoms with Crippen molar-refractivity contribution in [1.82, 2.24) is 0 Å². The highest BCUT2D eigenvalue weighted by Gasteiger charge is 2.55. The lowest BCUT2D eigenvalue weighted by molar-refractivity contribution is -0.147. The average Bonchev–Trinajstić information content (AvgIpc) is 3.43. The van der Waals surface area contributed by atoms with Crippen LogP contribution in [0.3, 0.4) is 0 Å². The zero-order valence-corrected chi connectivity index (χ0v) is 18.0. The first kappa shape index (κ1) is 21.1. The lowest BCUT2D eigenvalue weighted by atomic mass is 9.79. The molecule has 158 valence electrons. The number of nitrogens with one attached hydrogen (secondary N) is 1. The largest absolute Gasteiger partial charge is 0.481 e. The molecule has 2 N–H and O–H groups in total. The fraction of sp³-hybridized carbons (Fsp3) is 0.350. The van der Waals surface area contributed by atoms with E-state index in [2.05, 4.69) is 5.32 Å². The Kier molecular flexibility index (Phi) is 5.76. The summed E-state index contributed by atoms with van der Waals surface area (Å²) in [7, 11) is 1.24. The molecule has 0 saturated carbocycles. The third-order valence-corrected chi connectivity index (χ3v) is 7.14. The van der Waals surface area contributed by atoms with Gasteiger partial charge in [0.05, 0.1) is 41.2 Å². The van der Waals surface area contributed by atoms with Gasteiger partial charge in [0.2, 0.25) is 5.91 Å². The summed E-state index contributed by atoms with van der Waals surface area (Å²) in [6.07, 6.45) is 0.361. The Morgan fingerprint density at radius 1 is 1.17 bits per heavy atom. The van der Waals surface area contributed by atoms with Crippen LogP contribution in [-0.4, -0.2) is 42.3 Å². The topological polar surface area (TPSA) is 102 Å². The second-order valence-corrected chi connectivity index (χ2v) is 8.84. The summed E-state index contributed by atoms with van der Waals surface area (Å²) >= 11 is 13.2. The minimum atomic E-state index is -1.06. The van der Waals surface area contributed by atoms with E-state index in [0.29, 0.717) is 34.0 Å². The summed E-state index contributed by atoms with van der Waals surface area (Å²) in [5.74, 6) is -3.89. The normalized spacial score (nSPS) is 24.6. The van der Waals surface area contributed by atoms with E-state index in [9.17, 15) is 19.5 Å². The number of thiophene rings is 1. The minimum absolute atomic E-state index is 0.171. The molecule has 3 heterocycles. The quantitative estimate of drug-likeness (QED) is 0.631. The number of anilines is 1. The molecule has 10 heteroatoms. The number of carboxylic acid groups (broad SMARTS) is 1. The van der Waals surface area contributed by atoms with Gasteiger partial charge in [-0.3, -0.25) is 9.59 Å². The number of hydrogen-bond donors (Lipinski definition) is 2. The van der Waals surface area contributed by atoms with Crippen LogP contribution in [0.2, 0.25) is 10.0 Å². The Labute approximate surface area is 185 Å². The maximum atomic E-state index is 13.0. The van der Waals surface area contributed by atoms with Crippen molar-refractivity contribution in [2.24, 2.45) is 11.8 Å². The van der Waals surface area contributed by atoms with E-state index in [4.69, 9.17) is 32.7 Å². The number of carboxylic acids is 1. The molecule has 1 amide bonds. The summed E-state index contributed by atoms with van der Waals surface area (Å²) in [4.78, 5) is 37.2. The van der Waals surface area contributed by atoms with Gasteiger partial charge in [-0.15, -0.1) is 11.3 Å². The summed E-state index contributed by atoms with van der Waals surface area (Å²) in [5, 5.41) is 15.0. The van der Waals surface area contributed by atoms with E-state index in [1.807, 2.05) is 0 Å². The van der Waals surface area contributed by atoms with E-state index in [1.165, 1.54) is 7.11 Å². The van der Waals surface area contributed by atoms with Gasteiger partial charge in [0, 0.05) is 10.9 Å². The highest BCUT2D eigenvalue weighted by molar-refractivity contribution is 7.15. The molecule has 0 unspecified atom stereocenters. The molecular formula is C20H17Cl2NO6S. The van der Waals surface area contributed by atoms with Gasteiger partial charge < -0.3 is 19.9 Å². The number of benzene rings is 1. The lowest BCUT2D eigenvalue weighted by Gasteiger charge is -2.23. The SMILES string of the molecule is COC(=O)c1c(-c2ccc(Cl)c(Cl)c2)csc1NC(=O)[C@@H]1[C@@H](C(=O)O)[C@@H]2CC[C@@H]1O2. The minimum Gasteiger partial charge on any atom is -0.481 e. The molecule has 2 aromatic rings. The number of amides is 1. The van der Waals surface area contributed by atoms with Gasteiger partial charge in [0.25, 0.3) is 0 Å². The second-order valence-electron chi connectivity index (χ2n) is 7.14. The van der Waals surface area contributed by atoms with Crippen molar-refractivity contribution in [1.29, 1.82) is 0 Å². The van der Waals surface area contributed by atoms with Crippen LogP contribution in [0.1, 0.15) is 23.2 Å². The molecule has 2 bridgehead atoms. The van der Waals surface area contributed by atoms with Crippen LogP contribution in [0.5, 0.6) is 0 Å². The van der Waals surface area contributed by atoms with Crippen LogP contribution < -0.4 is 5.32 Å². The van der Waals surface area contributed by atoms with Crippen molar-refractivity contribution in [2.75, 3.05) is 12.4 Å². The second kappa shape index (κ2) is 8.19. The Bertz CT molecular complexity index is 1040. The summed E-state index contributed by atoms with van der Waals surface area (Å²) in [6.45, 7) is 0. The number of methoxy groups -OCH3 is 1. The zero-order chi connectivity index (χ0) is 21.6. The number of carbonyl (C=O) groups is 3. The first-order valence-electron chi connectivity index (χ1n) is 9.16. The molecule has 30 heavy (non-hydrogen) atoms. The van der Waals surface area contributed by atoms with Crippen LogP contribution in [-0.2, 0) is 19.1 Å². The smallest absolute Gasteiger partial charge is 0.341 e. The summed E-state index contributed by atoms with van der Waals surface area (Å²) < 4.78 is 10.6. The number of carbonyl (C=O) groups excluding carboxylic acids is 2. The monoisotopic (exact) mass is 469 g/mol. The number of ether oxygens (including phenoxy) is 2. The van der Waals surface area contributed by atoms with Gasteiger partial charge in [-0.1, -0.05) is 29.3 Å². The molecule has 2 fully saturated rings. The number of fused-ring (bicyclic) bond motifs is 2. The van der Waals surface area contributed by atoms with Crippen molar-refractivity contribution in [2.45, 2.75) is 25.0 Å². The molecular weight excluding hydrogens is 453 g/mol. The molecule has 1 aromatic heterocycles. The molecule has 7 nitrogen and oxygen atoms in total. The molecule has 0 radical (unpaired) electrons. The standard InChI is InChI=1S/C20H17Cl2NO6S/c1-28-20(27)14-9(8-2-3-10(21)11(22)6-8)7-30-18(14)23-17(24)15-12-4-5-13(29-12)16(15)19(25)26/h2-3,6-7,12-13,15-16H,4-5H2,1H3,(H,23,24)(H,25,26)/t12-,13-,15-,16-/m0/s1. The van der Waals surface area contributed by atoms with Gasteiger partial charge in [0.15, 0.2) is 0 Å². The first-order chi connectivity index (χ1) is 14.3. The van der Waals surface area contributed by atoms with E-state index in [0.717, 1.165) is 11.3 Å². The van der Waals surface area contributed by atoms with E-state index in [1.54, 1.807) is 23.6 Å². The van der Waals surface area contributed by atoms with E-state index in [-0.39, 0.29) is 10.6 Å². The van der Waals surface area contributed by atoms with Gasteiger partial charge in [-0.05, 0) is 30.5 Å². The number of esters is 1. The fourth-order valence-electron chi connectivity index (χ4n) is 4.15. The maximum absolute atomic E-state index is 13.0. The third kappa shape index (κ3) is 3.58. The molecule has 0 aliphatic carbocycles. The number of hydrogen-bond acceptors (Lipinski definition) is 6. The van der Waals surface area contributed by atoms with Crippen molar-refractivity contribution in [3.63, 3.8) is 0 Å². The number of halogens is 2. The Balaban J connectivity index is 1.67. The van der Waals surface area contributed by atoms with Crippen LogP contribution in [0.4, 0.5) is 5.00 Å². The van der Waals surface area contributed by atoms with Gasteiger partial charge in [-0.25, -0.2) is 4.79 Å². The molecule has 4 rings (SSSR count).